The minimum atomic E-state index is -5.37. The number of ether oxygens (including phenoxy) is 1. The summed E-state index contributed by atoms with van der Waals surface area (Å²) in [6, 6.07) is 5.25. The van der Waals surface area contributed by atoms with E-state index in [0.29, 0.717) is 19.7 Å². The van der Waals surface area contributed by atoms with Crippen molar-refractivity contribution < 1.29 is 26.3 Å². The van der Waals surface area contributed by atoms with Crippen molar-refractivity contribution in [3.05, 3.63) is 24.3 Å². The molecule has 0 radical (unpaired) electrons. The topological polar surface area (TPSA) is 46.6 Å². The summed E-state index contributed by atoms with van der Waals surface area (Å²) in [4.78, 5) is 0.960. The van der Waals surface area contributed by atoms with Crippen molar-refractivity contribution >= 4 is 15.5 Å². The molecule has 1 atom stereocenters. The Hall–Kier alpha value is -1.28. The summed E-state index contributed by atoms with van der Waals surface area (Å²) >= 11 is 0. The number of hydrogen-bond donors (Lipinski definition) is 0. The van der Waals surface area contributed by atoms with E-state index in [2.05, 4.69) is 0 Å². The molecule has 1 saturated heterocycles. The zero-order valence-corrected chi connectivity index (χ0v) is 13.0. The van der Waals surface area contributed by atoms with Gasteiger partial charge in [-0.1, -0.05) is 12.1 Å². The second kappa shape index (κ2) is 6.45. The van der Waals surface area contributed by atoms with Crippen LogP contribution in [0.15, 0.2) is 29.2 Å². The Balaban J connectivity index is 2.37. The van der Waals surface area contributed by atoms with Crippen molar-refractivity contribution in [2.75, 3.05) is 24.6 Å². The highest BCUT2D eigenvalue weighted by molar-refractivity contribution is 7.92. The third-order valence-electron chi connectivity index (χ3n) is 3.58. The van der Waals surface area contributed by atoms with Gasteiger partial charge in [-0.15, -0.1) is 0 Å². The van der Waals surface area contributed by atoms with E-state index in [0.717, 1.165) is 18.9 Å². The molecule has 1 fully saturated rings. The molecule has 0 N–H and O–H groups in total. The van der Waals surface area contributed by atoms with Gasteiger partial charge in [0.1, 0.15) is 0 Å². The number of piperidine rings is 1. The van der Waals surface area contributed by atoms with E-state index in [-0.39, 0.29) is 11.8 Å². The Bertz CT molecular complexity index is 614. The van der Waals surface area contributed by atoms with Crippen molar-refractivity contribution in [3.63, 3.8) is 0 Å². The van der Waals surface area contributed by atoms with Gasteiger partial charge < -0.3 is 9.64 Å². The minimum absolute atomic E-state index is 0.0872. The van der Waals surface area contributed by atoms with Crippen molar-refractivity contribution in [2.45, 2.75) is 36.3 Å². The van der Waals surface area contributed by atoms with Crippen molar-refractivity contribution in [1.82, 2.24) is 0 Å². The Kier molecular flexibility index (Phi) is 5.01. The Morgan fingerprint density at radius 1 is 1.32 bits per heavy atom. The lowest BCUT2D eigenvalue weighted by molar-refractivity contribution is -0.0435. The minimum Gasteiger partial charge on any atom is -0.377 e. The van der Waals surface area contributed by atoms with Gasteiger partial charge >= 0.3 is 5.51 Å². The smallest absolute Gasteiger partial charge is 0.377 e. The Morgan fingerprint density at radius 2 is 2.00 bits per heavy atom. The van der Waals surface area contributed by atoms with Crippen LogP contribution >= 0.6 is 0 Å². The monoisotopic (exact) mass is 337 g/mol. The van der Waals surface area contributed by atoms with E-state index in [4.69, 9.17) is 4.74 Å². The Labute approximate surface area is 127 Å². The summed E-state index contributed by atoms with van der Waals surface area (Å²) in [7, 11) is -5.37. The first-order valence-electron chi connectivity index (χ1n) is 7.04. The maximum absolute atomic E-state index is 12.8. The van der Waals surface area contributed by atoms with Gasteiger partial charge in [0.05, 0.1) is 16.7 Å². The van der Waals surface area contributed by atoms with Crippen LogP contribution in [-0.4, -0.2) is 39.7 Å². The lowest BCUT2D eigenvalue weighted by Gasteiger charge is -2.35. The fraction of sp³-hybridized carbons (Fsp3) is 0.571. The summed E-state index contributed by atoms with van der Waals surface area (Å²) in [5, 5.41) is 0. The predicted octanol–water partition coefficient (Wildman–Crippen LogP) is 2.99. The fourth-order valence-corrected chi connectivity index (χ4v) is 3.58. The zero-order chi connectivity index (χ0) is 16.4. The van der Waals surface area contributed by atoms with E-state index < -0.39 is 20.2 Å². The van der Waals surface area contributed by atoms with Gasteiger partial charge in [0.15, 0.2) is 0 Å². The first-order chi connectivity index (χ1) is 10.3. The van der Waals surface area contributed by atoms with Gasteiger partial charge in [0.25, 0.3) is 9.84 Å². The first-order valence-corrected chi connectivity index (χ1v) is 8.52. The molecule has 1 aromatic carbocycles. The highest BCUT2D eigenvalue weighted by atomic mass is 32.2. The standard InChI is InChI=1S/C14H18F3NO3S/c1-2-21-11-6-5-9-18(10-11)12-7-3-4-8-13(12)22(19,20)14(15,16)17/h3-4,7-8,11H,2,5-6,9-10H2,1H3. The van der Waals surface area contributed by atoms with E-state index in [1.54, 1.807) is 4.90 Å². The third-order valence-corrected chi connectivity index (χ3v) is 5.11. The third kappa shape index (κ3) is 3.38. The average Bonchev–Trinajstić information content (AvgIpc) is 2.47. The SMILES string of the molecule is CCOC1CCCN(c2ccccc2S(=O)(=O)C(F)(F)F)C1. The summed E-state index contributed by atoms with van der Waals surface area (Å²) in [5.74, 6) is 0. The molecule has 1 aliphatic heterocycles. The van der Waals surface area contributed by atoms with Crippen LogP contribution in [0.25, 0.3) is 0 Å². The fourth-order valence-electron chi connectivity index (χ4n) is 2.60. The summed E-state index contributed by atoms with van der Waals surface area (Å²) < 4.78 is 67.5. The van der Waals surface area contributed by atoms with Gasteiger partial charge in [-0.2, -0.15) is 13.2 Å². The molecule has 0 amide bonds. The van der Waals surface area contributed by atoms with Crippen LogP contribution in [0.1, 0.15) is 19.8 Å². The highest BCUT2D eigenvalue weighted by Gasteiger charge is 2.48. The van der Waals surface area contributed by atoms with Crippen molar-refractivity contribution in [2.24, 2.45) is 0 Å². The molecule has 0 aliphatic carbocycles. The van der Waals surface area contributed by atoms with E-state index in [1.165, 1.54) is 18.2 Å². The molecule has 1 aromatic rings. The molecule has 0 saturated carbocycles. The molecule has 2 rings (SSSR count). The highest BCUT2D eigenvalue weighted by Crippen LogP contribution is 2.36. The van der Waals surface area contributed by atoms with E-state index >= 15 is 0 Å². The lowest BCUT2D eigenvalue weighted by Crippen LogP contribution is -2.40. The quantitative estimate of drug-likeness (QED) is 0.847. The molecule has 0 bridgehead atoms. The average molecular weight is 337 g/mol. The van der Waals surface area contributed by atoms with Crippen LogP contribution in [0.3, 0.4) is 0 Å². The number of rotatable bonds is 4. The molecule has 1 unspecified atom stereocenters. The predicted molar refractivity (Wildman–Crippen MR) is 76.5 cm³/mol. The number of anilines is 1. The lowest BCUT2D eigenvalue weighted by atomic mass is 10.1. The molecule has 8 heteroatoms. The van der Waals surface area contributed by atoms with Crippen LogP contribution in [0.2, 0.25) is 0 Å². The second-order valence-corrected chi connectivity index (χ2v) is 6.99. The number of nitrogens with zero attached hydrogens (tertiary/aromatic N) is 1. The molecule has 0 spiro atoms. The largest absolute Gasteiger partial charge is 0.501 e. The molecule has 4 nitrogen and oxygen atoms in total. The number of alkyl halides is 3. The number of para-hydroxylation sites is 1. The molecule has 22 heavy (non-hydrogen) atoms. The number of halogens is 3. The molecule has 124 valence electrons. The summed E-state index contributed by atoms with van der Waals surface area (Å²) in [6.45, 7) is 3.26. The second-order valence-electron chi connectivity index (χ2n) is 5.08. The molecule has 0 aromatic heterocycles. The van der Waals surface area contributed by atoms with Gasteiger partial charge in [-0.25, -0.2) is 8.42 Å². The van der Waals surface area contributed by atoms with Crippen molar-refractivity contribution in [1.29, 1.82) is 0 Å². The van der Waals surface area contributed by atoms with Crippen LogP contribution in [0.5, 0.6) is 0 Å². The summed E-state index contributed by atoms with van der Waals surface area (Å²) in [6.07, 6.45) is 1.46. The van der Waals surface area contributed by atoms with Gasteiger partial charge in [-0.3, -0.25) is 0 Å². The molecule has 1 aliphatic rings. The van der Waals surface area contributed by atoms with Crippen LogP contribution < -0.4 is 4.90 Å². The van der Waals surface area contributed by atoms with E-state index in [9.17, 15) is 21.6 Å². The van der Waals surface area contributed by atoms with E-state index in [1.807, 2.05) is 6.92 Å². The first kappa shape index (κ1) is 17.1. The maximum Gasteiger partial charge on any atom is 0.501 e. The number of sulfone groups is 1. The molecule has 1 heterocycles. The van der Waals surface area contributed by atoms with Gasteiger partial charge in [-0.05, 0) is 31.9 Å². The Morgan fingerprint density at radius 3 is 2.64 bits per heavy atom. The van der Waals surface area contributed by atoms with Crippen LogP contribution in [0.4, 0.5) is 18.9 Å². The van der Waals surface area contributed by atoms with Crippen LogP contribution in [0, 0.1) is 0 Å². The molecular formula is C14H18F3NO3S. The molecular weight excluding hydrogens is 319 g/mol. The number of benzene rings is 1. The van der Waals surface area contributed by atoms with Crippen molar-refractivity contribution in [3.8, 4) is 0 Å². The van der Waals surface area contributed by atoms with Gasteiger partial charge in [0, 0.05) is 19.7 Å². The number of hydrogen-bond acceptors (Lipinski definition) is 4. The van der Waals surface area contributed by atoms with Crippen LogP contribution in [-0.2, 0) is 14.6 Å². The maximum atomic E-state index is 12.8. The normalized spacial score (nSPS) is 20.2. The zero-order valence-electron chi connectivity index (χ0n) is 12.1. The summed E-state index contributed by atoms with van der Waals surface area (Å²) in [5.41, 5.74) is -5.22. The van der Waals surface area contributed by atoms with Gasteiger partial charge in [0.2, 0.25) is 0 Å².